The van der Waals surface area contributed by atoms with Crippen molar-refractivity contribution in [2.24, 2.45) is 0 Å². The average molecular weight is 417 g/mol. The number of anilines is 1. The molecule has 26 heavy (non-hydrogen) atoms. The standard InChI is InChI=1S/C20H21BrN2O3/c21-15-5-7-16(8-6-15)23-20(25)10-9-19(24)22-13-18-17-4-2-1-3-14(17)11-12-26-18/h1-8,18H,9-13H2,(H,22,24)(H,23,25)/t18-/m1/s1. The summed E-state index contributed by atoms with van der Waals surface area (Å²) in [5.41, 5.74) is 3.12. The van der Waals surface area contributed by atoms with Crippen LogP contribution in [0.15, 0.2) is 53.0 Å². The summed E-state index contributed by atoms with van der Waals surface area (Å²) in [6, 6.07) is 15.4. The van der Waals surface area contributed by atoms with Crippen LogP contribution in [0.5, 0.6) is 0 Å². The first-order valence-electron chi connectivity index (χ1n) is 8.63. The predicted octanol–water partition coefficient (Wildman–Crippen LogP) is 3.60. The van der Waals surface area contributed by atoms with Crippen LogP contribution in [-0.2, 0) is 20.7 Å². The summed E-state index contributed by atoms with van der Waals surface area (Å²) in [6.07, 6.45) is 1.07. The summed E-state index contributed by atoms with van der Waals surface area (Å²) >= 11 is 3.35. The summed E-state index contributed by atoms with van der Waals surface area (Å²) in [6.45, 7) is 1.08. The van der Waals surface area contributed by atoms with Gasteiger partial charge in [0.05, 0.1) is 6.61 Å². The fourth-order valence-corrected chi connectivity index (χ4v) is 3.19. The number of carbonyl (C=O) groups is 2. The molecule has 136 valence electrons. The van der Waals surface area contributed by atoms with E-state index in [9.17, 15) is 9.59 Å². The Hall–Kier alpha value is -2.18. The van der Waals surface area contributed by atoms with Crippen LogP contribution in [0.2, 0.25) is 0 Å². The SMILES string of the molecule is O=C(CCC(=O)Nc1ccc(Br)cc1)NC[C@H]1OCCc2ccccc21. The molecule has 0 radical (unpaired) electrons. The van der Waals surface area contributed by atoms with Crippen molar-refractivity contribution in [3.8, 4) is 0 Å². The van der Waals surface area contributed by atoms with E-state index in [-0.39, 0.29) is 30.8 Å². The van der Waals surface area contributed by atoms with Gasteiger partial charge in [0.25, 0.3) is 0 Å². The highest BCUT2D eigenvalue weighted by Gasteiger charge is 2.20. The number of ether oxygens (including phenoxy) is 1. The van der Waals surface area contributed by atoms with Crippen molar-refractivity contribution in [3.63, 3.8) is 0 Å². The Morgan fingerprint density at radius 2 is 1.77 bits per heavy atom. The molecule has 5 nitrogen and oxygen atoms in total. The van der Waals surface area contributed by atoms with E-state index in [2.05, 4.69) is 32.6 Å². The Morgan fingerprint density at radius 3 is 2.58 bits per heavy atom. The number of rotatable bonds is 6. The van der Waals surface area contributed by atoms with Crippen molar-refractivity contribution in [1.29, 1.82) is 0 Å². The van der Waals surface area contributed by atoms with Crippen LogP contribution in [-0.4, -0.2) is 25.0 Å². The maximum absolute atomic E-state index is 12.0. The highest BCUT2D eigenvalue weighted by Crippen LogP contribution is 2.26. The fraction of sp³-hybridized carbons (Fsp3) is 0.300. The third kappa shape index (κ3) is 5.16. The minimum atomic E-state index is -0.179. The minimum absolute atomic E-state index is 0.125. The molecular formula is C20H21BrN2O3. The topological polar surface area (TPSA) is 67.4 Å². The molecule has 1 atom stereocenters. The number of benzene rings is 2. The first-order chi connectivity index (χ1) is 12.6. The van der Waals surface area contributed by atoms with Gasteiger partial charge in [-0.25, -0.2) is 0 Å². The predicted molar refractivity (Wildman–Crippen MR) is 104 cm³/mol. The molecule has 0 bridgehead atoms. The van der Waals surface area contributed by atoms with E-state index in [0.717, 1.165) is 16.5 Å². The van der Waals surface area contributed by atoms with Crippen molar-refractivity contribution < 1.29 is 14.3 Å². The maximum atomic E-state index is 12.0. The number of hydrogen-bond acceptors (Lipinski definition) is 3. The lowest BCUT2D eigenvalue weighted by atomic mass is 9.97. The van der Waals surface area contributed by atoms with Crippen LogP contribution in [0.3, 0.4) is 0 Å². The largest absolute Gasteiger partial charge is 0.371 e. The normalized spacial score (nSPS) is 15.8. The van der Waals surface area contributed by atoms with E-state index in [1.165, 1.54) is 5.56 Å². The second-order valence-corrected chi connectivity index (χ2v) is 7.08. The smallest absolute Gasteiger partial charge is 0.224 e. The number of carbonyl (C=O) groups excluding carboxylic acids is 2. The molecule has 2 aromatic rings. The monoisotopic (exact) mass is 416 g/mol. The van der Waals surface area contributed by atoms with Gasteiger partial charge in [-0.1, -0.05) is 40.2 Å². The molecule has 1 aliphatic heterocycles. The first-order valence-corrected chi connectivity index (χ1v) is 9.42. The highest BCUT2D eigenvalue weighted by atomic mass is 79.9. The lowest BCUT2D eigenvalue weighted by molar-refractivity contribution is -0.124. The Morgan fingerprint density at radius 1 is 1.04 bits per heavy atom. The number of fused-ring (bicyclic) bond motifs is 1. The average Bonchev–Trinajstić information content (AvgIpc) is 2.66. The fourth-order valence-electron chi connectivity index (χ4n) is 2.92. The van der Waals surface area contributed by atoms with Crippen molar-refractivity contribution in [2.75, 3.05) is 18.5 Å². The van der Waals surface area contributed by atoms with Crippen LogP contribution in [0.25, 0.3) is 0 Å². The maximum Gasteiger partial charge on any atom is 0.224 e. The van der Waals surface area contributed by atoms with Crippen LogP contribution < -0.4 is 10.6 Å². The van der Waals surface area contributed by atoms with Crippen molar-refractivity contribution >= 4 is 33.4 Å². The van der Waals surface area contributed by atoms with Crippen molar-refractivity contribution in [3.05, 3.63) is 64.1 Å². The molecule has 0 aliphatic carbocycles. The lowest BCUT2D eigenvalue weighted by Crippen LogP contribution is -2.32. The van der Waals surface area contributed by atoms with Gasteiger partial charge in [-0.05, 0) is 41.8 Å². The summed E-state index contributed by atoms with van der Waals surface area (Å²) in [5, 5.41) is 5.65. The summed E-state index contributed by atoms with van der Waals surface area (Å²) < 4.78 is 6.72. The molecule has 6 heteroatoms. The van der Waals surface area contributed by atoms with Crippen LogP contribution in [0.1, 0.15) is 30.1 Å². The van der Waals surface area contributed by atoms with E-state index in [0.29, 0.717) is 18.8 Å². The van der Waals surface area contributed by atoms with Gasteiger partial charge in [0.1, 0.15) is 6.10 Å². The molecule has 0 unspecified atom stereocenters. The number of hydrogen-bond donors (Lipinski definition) is 2. The van der Waals surface area contributed by atoms with Crippen molar-refractivity contribution in [2.45, 2.75) is 25.4 Å². The van der Waals surface area contributed by atoms with Gasteiger partial charge >= 0.3 is 0 Å². The van der Waals surface area contributed by atoms with Gasteiger partial charge in [0, 0.05) is 29.5 Å². The molecule has 3 rings (SSSR count). The number of nitrogens with one attached hydrogen (secondary N) is 2. The zero-order valence-electron chi connectivity index (χ0n) is 14.3. The number of halogens is 1. The Kier molecular flexibility index (Phi) is 6.41. The summed E-state index contributed by atoms with van der Waals surface area (Å²) in [7, 11) is 0. The third-order valence-electron chi connectivity index (χ3n) is 4.28. The van der Waals surface area contributed by atoms with E-state index in [1.54, 1.807) is 12.1 Å². The molecule has 0 fully saturated rings. The molecular weight excluding hydrogens is 396 g/mol. The minimum Gasteiger partial charge on any atom is -0.371 e. The van der Waals surface area contributed by atoms with E-state index < -0.39 is 0 Å². The van der Waals surface area contributed by atoms with E-state index >= 15 is 0 Å². The van der Waals surface area contributed by atoms with Gasteiger partial charge in [-0.3, -0.25) is 9.59 Å². The van der Waals surface area contributed by atoms with E-state index in [4.69, 9.17) is 4.74 Å². The van der Waals surface area contributed by atoms with Crippen LogP contribution in [0, 0.1) is 0 Å². The van der Waals surface area contributed by atoms with Gasteiger partial charge in [0.2, 0.25) is 11.8 Å². The molecule has 2 N–H and O–H groups in total. The van der Waals surface area contributed by atoms with Crippen molar-refractivity contribution in [1.82, 2.24) is 5.32 Å². The Labute approximate surface area is 161 Å². The van der Waals surface area contributed by atoms with Crippen LogP contribution in [0.4, 0.5) is 5.69 Å². The quantitative estimate of drug-likeness (QED) is 0.755. The second kappa shape index (κ2) is 8.96. The van der Waals surface area contributed by atoms with Gasteiger partial charge < -0.3 is 15.4 Å². The summed E-state index contributed by atoms with van der Waals surface area (Å²) in [4.78, 5) is 24.0. The molecule has 1 heterocycles. The van der Waals surface area contributed by atoms with Gasteiger partial charge in [-0.15, -0.1) is 0 Å². The molecule has 1 aliphatic rings. The summed E-state index contributed by atoms with van der Waals surface area (Å²) in [5.74, 6) is -0.329. The Bertz CT molecular complexity index is 777. The molecule has 0 aromatic heterocycles. The highest BCUT2D eigenvalue weighted by molar-refractivity contribution is 9.10. The molecule has 2 aromatic carbocycles. The molecule has 0 spiro atoms. The van der Waals surface area contributed by atoms with Crippen LogP contribution >= 0.6 is 15.9 Å². The van der Waals surface area contributed by atoms with E-state index in [1.807, 2.05) is 30.3 Å². The lowest BCUT2D eigenvalue weighted by Gasteiger charge is -2.26. The van der Waals surface area contributed by atoms with Gasteiger partial charge in [-0.2, -0.15) is 0 Å². The molecule has 2 amide bonds. The zero-order chi connectivity index (χ0) is 18.4. The Balaban J connectivity index is 1.42. The second-order valence-electron chi connectivity index (χ2n) is 6.17. The number of amides is 2. The zero-order valence-corrected chi connectivity index (χ0v) is 15.9. The molecule has 0 saturated heterocycles. The first kappa shape index (κ1) is 18.6. The third-order valence-corrected chi connectivity index (χ3v) is 4.81. The molecule has 0 saturated carbocycles. The van der Waals surface area contributed by atoms with Gasteiger partial charge in [0.15, 0.2) is 0 Å².